The number of amides is 5. The molecule has 1 aromatic heterocycles. The van der Waals surface area contributed by atoms with Crippen molar-refractivity contribution in [2.75, 3.05) is 49.9 Å². The fourth-order valence-corrected chi connectivity index (χ4v) is 4.72. The summed E-state index contributed by atoms with van der Waals surface area (Å²) in [6, 6.07) is 6.00. The van der Waals surface area contributed by atoms with E-state index < -0.39 is 12.1 Å². The summed E-state index contributed by atoms with van der Waals surface area (Å²) in [5.74, 6) is 0.0647. The molecule has 1 aromatic carbocycles. The van der Waals surface area contributed by atoms with Crippen molar-refractivity contribution in [3.05, 3.63) is 29.3 Å². The number of hydrogen-bond donors (Lipinski definition) is 3. The molecule has 10 nitrogen and oxygen atoms in total. The van der Waals surface area contributed by atoms with E-state index in [4.69, 9.17) is 17.3 Å². The van der Waals surface area contributed by atoms with Gasteiger partial charge in [-0.1, -0.05) is 18.5 Å². The van der Waals surface area contributed by atoms with Crippen molar-refractivity contribution in [2.45, 2.75) is 38.6 Å². The van der Waals surface area contributed by atoms with Crippen molar-refractivity contribution in [1.29, 1.82) is 0 Å². The summed E-state index contributed by atoms with van der Waals surface area (Å²) in [5, 5.41) is 7.17. The minimum atomic E-state index is -0.705. The molecule has 4 rings (SSSR count). The Labute approximate surface area is 209 Å². The standard InChI is InChI=1S/C24H32ClN7O3/c1-2-8-27-23(34)32-9-4-3-5-18(22(32)33)29-24(35)31-12-10-30(11-13-31)20-15-21(26)28-19-14-16(25)6-7-17(19)20/h6-7,14-15,18H,2-5,8-13H2,1H3,(H2,26,28)(H,27,34)(H,29,35)/t18-/m0/s1. The largest absolute Gasteiger partial charge is 0.384 e. The lowest BCUT2D eigenvalue weighted by molar-refractivity contribution is -0.129. The molecule has 2 saturated heterocycles. The van der Waals surface area contributed by atoms with Crippen LogP contribution in [0.1, 0.15) is 32.6 Å². The van der Waals surface area contributed by atoms with Gasteiger partial charge in [0.1, 0.15) is 11.9 Å². The van der Waals surface area contributed by atoms with Gasteiger partial charge in [0.25, 0.3) is 5.91 Å². The number of hydrogen-bond acceptors (Lipinski definition) is 6. The highest BCUT2D eigenvalue weighted by Crippen LogP contribution is 2.30. The molecule has 4 N–H and O–H groups in total. The molecule has 2 aromatic rings. The molecule has 35 heavy (non-hydrogen) atoms. The van der Waals surface area contributed by atoms with E-state index in [1.54, 1.807) is 11.0 Å². The average molecular weight is 502 g/mol. The Kier molecular flexibility index (Phi) is 7.80. The second kappa shape index (κ2) is 11.0. The number of carbonyl (C=O) groups excluding carboxylic acids is 3. The molecule has 2 fully saturated rings. The number of nitrogens with one attached hydrogen (secondary N) is 2. The molecule has 11 heteroatoms. The topological polar surface area (TPSA) is 124 Å². The summed E-state index contributed by atoms with van der Waals surface area (Å²) >= 11 is 6.12. The number of urea groups is 2. The maximum absolute atomic E-state index is 13.0. The van der Waals surface area contributed by atoms with Crippen molar-refractivity contribution >= 4 is 52.0 Å². The van der Waals surface area contributed by atoms with Crippen LogP contribution in [0, 0.1) is 0 Å². The third-order valence-corrected chi connectivity index (χ3v) is 6.67. The van der Waals surface area contributed by atoms with Gasteiger partial charge in [0.2, 0.25) is 0 Å². The van der Waals surface area contributed by atoms with Gasteiger partial charge in [-0.3, -0.25) is 9.69 Å². The first kappa shape index (κ1) is 24.8. The Morgan fingerprint density at radius 3 is 2.63 bits per heavy atom. The number of fused-ring (bicyclic) bond motifs is 1. The van der Waals surface area contributed by atoms with Crippen molar-refractivity contribution in [3.8, 4) is 0 Å². The minimum absolute atomic E-state index is 0.287. The van der Waals surface area contributed by atoms with Crippen molar-refractivity contribution in [3.63, 3.8) is 0 Å². The van der Waals surface area contributed by atoms with Crippen LogP contribution in [0.15, 0.2) is 24.3 Å². The molecule has 0 spiro atoms. The number of pyridine rings is 1. The summed E-state index contributed by atoms with van der Waals surface area (Å²) in [5.41, 5.74) is 7.71. The van der Waals surface area contributed by atoms with Crippen LogP contribution in [-0.4, -0.2) is 78.1 Å². The van der Waals surface area contributed by atoms with Gasteiger partial charge < -0.3 is 26.2 Å². The van der Waals surface area contributed by atoms with E-state index in [1.807, 2.05) is 25.1 Å². The number of anilines is 2. The van der Waals surface area contributed by atoms with Gasteiger partial charge in [0.15, 0.2) is 0 Å². The van der Waals surface area contributed by atoms with E-state index in [-0.39, 0.29) is 11.9 Å². The lowest BCUT2D eigenvalue weighted by atomic mass is 10.1. The molecular formula is C24H32ClN7O3. The number of likely N-dealkylation sites (tertiary alicyclic amines) is 1. The fraction of sp³-hybridized carbons (Fsp3) is 0.500. The van der Waals surface area contributed by atoms with Crippen molar-refractivity contribution in [1.82, 2.24) is 25.4 Å². The van der Waals surface area contributed by atoms with Crippen LogP contribution in [0.3, 0.4) is 0 Å². The molecule has 5 amide bonds. The van der Waals surface area contributed by atoms with E-state index in [9.17, 15) is 14.4 Å². The van der Waals surface area contributed by atoms with Crippen molar-refractivity contribution in [2.24, 2.45) is 0 Å². The average Bonchev–Trinajstić information content (AvgIpc) is 3.03. The van der Waals surface area contributed by atoms with Crippen LogP contribution in [0.2, 0.25) is 5.02 Å². The van der Waals surface area contributed by atoms with Gasteiger partial charge in [-0.05, 0) is 43.9 Å². The number of piperazine rings is 1. The first-order chi connectivity index (χ1) is 16.9. The zero-order valence-corrected chi connectivity index (χ0v) is 20.7. The van der Waals surface area contributed by atoms with Crippen LogP contribution < -0.4 is 21.3 Å². The Morgan fingerprint density at radius 1 is 1.11 bits per heavy atom. The summed E-state index contributed by atoms with van der Waals surface area (Å²) in [6.45, 7) is 5.03. The van der Waals surface area contributed by atoms with Crippen LogP contribution >= 0.6 is 11.6 Å². The summed E-state index contributed by atoms with van der Waals surface area (Å²) in [4.78, 5) is 47.9. The minimum Gasteiger partial charge on any atom is -0.384 e. The molecule has 2 aliphatic heterocycles. The van der Waals surface area contributed by atoms with E-state index in [2.05, 4.69) is 20.5 Å². The highest BCUT2D eigenvalue weighted by molar-refractivity contribution is 6.31. The summed E-state index contributed by atoms with van der Waals surface area (Å²) in [7, 11) is 0. The number of aromatic nitrogens is 1. The van der Waals surface area contributed by atoms with Gasteiger partial charge in [0, 0.05) is 61.4 Å². The van der Waals surface area contributed by atoms with Crippen LogP contribution in [0.25, 0.3) is 10.9 Å². The van der Waals surface area contributed by atoms with Gasteiger partial charge in [0.05, 0.1) is 5.52 Å². The van der Waals surface area contributed by atoms with E-state index in [0.717, 1.165) is 35.9 Å². The predicted molar refractivity (Wildman–Crippen MR) is 137 cm³/mol. The molecule has 1 atom stereocenters. The monoisotopic (exact) mass is 501 g/mol. The SMILES string of the molecule is CCCNC(=O)N1CCCC[C@H](NC(=O)N2CCN(c3cc(N)nc4cc(Cl)ccc34)CC2)C1=O. The van der Waals surface area contributed by atoms with Crippen molar-refractivity contribution < 1.29 is 14.4 Å². The molecule has 188 valence electrons. The molecule has 0 unspecified atom stereocenters. The van der Waals surface area contributed by atoms with E-state index in [0.29, 0.717) is 56.5 Å². The number of rotatable bonds is 4. The lowest BCUT2D eigenvalue weighted by Gasteiger charge is -2.37. The highest BCUT2D eigenvalue weighted by Gasteiger charge is 2.33. The first-order valence-corrected chi connectivity index (χ1v) is 12.5. The van der Waals surface area contributed by atoms with E-state index in [1.165, 1.54) is 4.90 Å². The normalized spacial score (nSPS) is 19.0. The zero-order valence-electron chi connectivity index (χ0n) is 19.9. The first-order valence-electron chi connectivity index (χ1n) is 12.1. The van der Waals surface area contributed by atoms with Crippen LogP contribution in [0.4, 0.5) is 21.1 Å². The van der Waals surface area contributed by atoms with Crippen LogP contribution in [0.5, 0.6) is 0 Å². The number of nitrogen functional groups attached to an aromatic ring is 1. The Morgan fingerprint density at radius 2 is 1.89 bits per heavy atom. The second-order valence-corrected chi connectivity index (χ2v) is 9.36. The quantitative estimate of drug-likeness (QED) is 0.591. The molecule has 0 saturated carbocycles. The van der Waals surface area contributed by atoms with Gasteiger partial charge >= 0.3 is 12.1 Å². The number of nitrogens with zero attached hydrogens (tertiary/aromatic N) is 4. The fourth-order valence-electron chi connectivity index (χ4n) is 4.56. The summed E-state index contributed by atoms with van der Waals surface area (Å²) < 4.78 is 0. The number of benzene rings is 1. The Hall–Kier alpha value is -3.27. The third kappa shape index (κ3) is 5.70. The number of nitrogens with two attached hydrogens (primary N) is 1. The van der Waals surface area contributed by atoms with Gasteiger partial charge in [-0.15, -0.1) is 0 Å². The Bertz CT molecular complexity index is 1100. The van der Waals surface area contributed by atoms with Gasteiger partial charge in [-0.2, -0.15) is 0 Å². The molecular weight excluding hydrogens is 470 g/mol. The molecule has 2 aliphatic rings. The second-order valence-electron chi connectivity index (χ2n) is 8.92. The maximum atomic E-state index is 13.0. The number of halogens is 1. The number of carbonyl (C=O) groups is 3. The molecule has 0 radical (unpaired) electrons. The predicted octanol–water partition coefficient (Wildman–Crippen LogP) is 2.80. The van der Waals surface area contributed by atoms with Gasteiger partial charge in [-0.25, -0.2) is 14.6 Å². The molecule has 0 bridgehead atoms. The lowest BCUT2D eigenvalue weighted by Crippen LogP contribution is -2.57. The zero-order chi connectivity index (χ0) is 24.9. The number of imide groups is 1. The third-order valence-electron chi connectivity index (χ3n) is 6.44. The highest BCUT2D eigenvalue weighted by atomic mass is 35.5. The van der Waals surface area contributed by atoms with Crippen LogP contribution in [-0.2, 0) is 4.79 Å². The smallest absolute Gasteiger partial charge is 0.324 e. The molecule has 0 aliphatic carbocycles. The Balaban J connectivity index is 1.38. The summed E-state index contributed by atoms with van der Waals surface area (Å²) in [6.07, 6.45) is 2.80. The molecule has 3 heterocycles. The maximum Gasteiger partial charge on any atom is 0.324 e. The van der Waals surface area contributed by atoms with E-state index >= 15 is 0 Å².